The number of imide groups is 1. The zero-order valence-electron chi connectivity index (χ0n) is 19.7. The van der Waals surface area contributed by atoms with Crippen LogP contribution < -0.4 is 15.0 Å². The molecular formula is C25H23F3N4O3S. The largest absolute Gasteiger partial charge is 0.497 e. The summed E-state index contributed by atoms with van der Waals surface area (Å²) in [6.07, 6.45) is 1.60. The van der Waals surface area contributed by atoms with Crippen molar-refractivity contribution in [2.75, 3.05) is 17.3 Å². The Labute approximate surface area is 210 Å². The van der Waals surface area contributed by atoms with Crippen molar-refractivity contribution in [3.05, 3.63) is 72.4 Å². The summed E-state index contributed by atoms with van der Waals surface area (Å²) in [5, 5.41) is 3.19. The van der Waals surface area contributed by atoms with Crippen LogP contribution in [0.5, 0.6) is 5.75 Å². The number of methoxy groups -OCH3 is 1. The zero-order chi connectivity index (χ0) is 26.1. The van der Waals surface area contributed by atoms with Crippen molar-refractivity contribution in [2.45, 2.75) is 36.3 Å². The summed E-state index contributed by atoms with van der Waals surface area (Å²) in [5.74, 6) is 0.767. The number of urea groups is 1. The Morgan fingerprint density at radius 2 is 1.78 bits per heavy atom. The van der Waals surface area contributed by atoms with E-state index in [1.165, 1.54) is 29.2 Å². The molecule has 2 heterocycles. The minimum Gasteiger partial charge on any atom is -0.497 e. The lowest BCUT2D eigenvalue weighted by atomic mass is 10.0. The van der Waals surface area contributed by atoms with E-state index in [-0.39, 0.29) is 28.9 Å². The Morgan fingerprint density at radius 1 is 1.06 bits per heavy atom. The Hall–Kier alpha value is -3.73. The van der Waals surface area contributed by atoms with Crippen molar-refractivity contribution in [1.29, 1.82) is 0 Å². The van der Waals surface area contributed by atoms with Gasteiger partial charge in [-0.15, -0.1) is 0 Å². The highest BCUT2D eigenvalue weighted by Crippen LogP contribution is 2.39. The number of pyridine rings is 1. The molecule has 0 aliphatic carbocycles. The molecule has 2 aromatic carbocycles. The summed E-state index contributed by atoms with van der Waals surface area (Å²) in [7, 11) is 1.58. The quantitative estimate of drug-likeness (QED) is 0.298. The number of hydrogen-bond donors (Lipinski definition) is 1. The first-order valence-electron chi connectivity index (χ1n) is 10.9. The number of carbonyl (C=O) groups excluding carboxylic acids is 2. The summed E-state index contributed by atoms with van der Waals surface area (Å²) in [6.45, 7) is 3.40. The van der Waals surface area contributed by atoms with E-state index in [0.717, 1.165) is 16.2 Å². The number of hydrogen-bond acceptors (Lipinski definition) is 6. The van der Waals surface area contributed by atoms with Crippen LogP contribution in [-0.4, -0.2) is 40.0 Å². The van der Waals surface area contributed by atoms with Crippen LogP contribution in [0.2, 0.25) is 0 Å². The number of carbonyl (C=O) groups is 2. The van der Waals surface area contributed by atoms with Crippen LogP contribution in [0.3, 0.4) is 0 Å². The molecule has 36 heavy (non-hydrogen) atoms. The molecule has 1 N–H and O–H groups in total. The van der Waals surface area contributed by atoms with Gasteiger partial charge in [0.15, 0.2) is 0 Å². The van der Waals surface area contributed by atoms with Gasteiger partial charge in [-0.2, -0.15) is 13.2 Å². The summed E-state index contributed by atoms with van der Waals surface area (Å²) < 4.78 is 43.1. The molecule has 3 aromatic rings. The van der Waals surface area contributed by atoms with Crippen LogP contribution >= 0.6 is 11.8 Å². The molecule has 0 spiro atoms. The van der Waals surface area contributed by atoms with Crippen molar-refractivity contribution in [3.8, 4) is 5.75 Å². The first-order valence-corrected chi connectivity index (χ1v) is 11.7. The minimum atomic E-state index is -4.43. The van der Waals surface area contributed by atoms with E-state index in [2.05, 4.69) is 10.3 Å². The third-order valence-corrected chi connectivity index (χ3v) is 6.40. The van der Waals surface area contributed by atoms with Crippen LogP contribution in [0, 0.1) is 0 Å². The molecule has 0 radical (unpaired) electrons. The van der Waals surface area contributed by atoms with E-state index in [4.69, 9.17) is 4.74 Å². The van der Waals surface area contributed by atoms with Crippen molar-refractivity contribution in [1.82, 2.24) is 9.88 Å². The van der Waals surface area contributed by atoms with Crippen LogP contribution in [0.25, 0.3) is 0 Å². The lowest BCUT2D eigenvalue weighted by Gasteiger charge is -2.27. The second kappa shape index (κ2) is 9.73. The van der Waals surface area contributed by atoms with Gasteiger partial charge in [0, 0.05) is 29.4 Å². The maximum absolute atomic E-state index is 13.3. The maximum atomic E-state index is 13.3. The van der Waals surface area contributed by atoms with E-state index in [1.807, 2.05) is 24.3 Å². The first-order chi connectivity index (χ1) is 17.0. The van der Waals surface area contributed by atoms with Crippen molar-refractivity contribution in [3.63, 3.8) is 0 Å². The zero-order valence-corrected chi connectivity index (χ0v) is 20.5. The predicted octanol–water partition coefficient (Wildman–Crippen LogP) is 6.19. The van der Waals surface area contributed by atoms with Crippen molar-refractivity contribution < 1.29 is 27.5 Å². The minimum absolute atomic E-state index is 0.0330. The topological polar surface area (TPSA) is 74.8 Å². The van der Waals surface area contributed by atoms with Gasteiger partial charge in [0.1, 0.15) is 17.1 Å². The Morgan fingerprint density at radius 3 is 2.44 bits per heavy atom. The molecule has 1 aromatic heterocycles. The third-order valence-electron chi connectivity index (χ3n) is 5.66. The summed E-state index contributed by atoms with van der Waals surface area (Å²) in [6, 6.07) is 15.5. The molecule has 0 unspecified atom stereocenters. The van der Waals surface area contributed by atoms with Gasteiger partial charge < -0.3 is 15.0 Å². The lowest BCUT2D eigenvalue weighted by Crippen LogP contribution is -2.43. The van der Waals surface area contributed by atoms with Gasteiger partial charge in [-0.25, -0.2) is 14.7 Å². The Bertz CT molecular complexity index is 1280. The van der Waals surface area contributed by atoms with Crippen LogP contribution in [0.15, 0.2) is 71.8 Å². The van der Waals surface area contributed by atoms with E-state index in [0.29, 0.717) is 11.6 Å². The highest BCUT2D eigenvalue weighted by atomic mass is 32.2. The molecule has 1 aliphatic heterocycles. The highest BCUT2D eigenvalue weighted by molar-refractivity contribution is 8.00. The predicted molar refractivity (Wildman–Crippen MR) is 131 cm³/mol. The molecule has 0 atom stereocenters. The number of rotatable bonds is 7. The van der Waals surface area contributed by atoms with E-state index in [9.17, 15) is 22.8 Å². The number of benzene rings is 2. The third kappa shape index (κ3) is 5.40. The van der Waals surface area contributed by atoms with Crippen LogP contribution in [0.4, 0.5) is 35.2 Å². The number of nitrogens with zero attached hydrogens (tertiary/aromatic N) is 3. The van der Waals surface area contributed by atoms with Crippen molar-refractivity contribution in [2.24, 2.45) is 0 Å². The monoisotopic (exact) mass is 516 g/mol. The van der Waals surface area contributed by atoms with Crippen LogP contribution in [-0.2, 0) is 11.3 Å². The Balaban J connectivity index is 1.53. The molecule has 0 saturated carbocycles. The Kier molecular flexibility index (Phi) is 6.85. The normalized spacial score (nSPS) is 15.4. The molecular weight excluding hydrogens is 493 g/mol. The van der Waals surface area contributed by atoms with E-state index < -0.39 is 23.0 Å². The average Bonchev–Trinajstić information content (AvgIpc) is 2.98. The maximum Gasteiger partial charge on any atom is 0.446 e. The molecule has 3 amide bonds. The number of anilines is 3. The number of thioether (sulfide) groups is 1. The second-order valence-corrected chi connectivity index (χ2v) is 9.65. The van der Waals surface area contributed by atoms with Crippen LogP contribution in [0.1, 0.15) is 19.4 Å². The standard InChI is InChI=1S/C25H23F3N4O3S/c1-24(2)22(33)32(18-7-9-20(10-8-18)36-25(26,27)28)23(34)31(24)15-16-11-12-29-21(13-16)30-17-5-4-6-19(14-17)35-3/h4-14H,15H2,1-3H3,(H,29,30). The molecule has 4 rings (SSSR count). The molecule has 1 saturated heterocycles. The van der Waals surface area contributed by atoms with Gasteiger partial charge in [0.2, 0.25) is 0 Å². The molecule has 7 nitrogen and oxygen atoms in total. The molecule has 0 bridgehead atoms. The SMILES string of the molecule is COc1cccc(Nc2cc(CN3C(=O)N(c4ccc(SC(F)(F)F)cc4)C(=O)C3(C)C)ccn2)c1. The fourth-order valence-corrected chi connectivity index (χ4v) is 4.34. The van der Waals surface area contributed by atoms with Crippen molar-refractivity contribution >= 4 is 40.9 Å². The number of halogens is 3. The average molecular weight is 517 g/mol. The first kappa shape index (κ1) is 25.4. The van der Waals surface area contributed by atoms with Gasteiger partial charge in [-0.3, -0.25) is 4.79 Å². The van der Waals surface area contributed by atoms with Gasteiger partial charge in [0.25, 0.3) is 5.91 Å². The van der Waals surface area contributed by atoms with Gasteiger partial charge in [-0.1, -0.05) is 6.07 Å². The fourth-order valence-electron chi connectivity index (χ4n) is 3.80. The second-order valence-electron chi connectivity index (χ2n) is 8.52. The summed E-state index contributed by atoms with van der Waals surface area (Å²) >= 11 is -0.258. The van der Waals surface area contributed by atoms with Gasteiger partial charge in [-0.05, 0) is 79.7 Å². The number of alkyl halides is 3. The molecule has 1 aliphatic rings. The smallest absolute Gasteiger partial charge is 0.446 e. The lowest BCUT2D eigenvalue weighted by molar-refractivity contribution is -0.123. The molecule has 11 heteroatoms. The van der Waals surface area contributed by atoms with E-state index in [1.54, 1.807) is 39.3 Å². The van der Waals surface area contributed by atoms with E-state index >= 15 is 0 Å². The fraction of sp³-hybridized carbons (Fsp3) is 0.240. The number of amides is 3. The number of aromatic nitrogens is 1. The molecule has 188 valence electrons. The summed E-state index contributed by atoms with van der Waals surface area (Å²) in [5.41, 5.74) is -3.87. The number of nitrogens with one attached hydrogen (secondary N) is 1. The van der Waals surface area contributed by atoms with Gasteiger partial charge in [0.05, 0.1) is 12.8 Å². The molecule has 1 fully saturated rings. The van der Waals surface area contributed by atoms with Gasteiger partial charge >= 0.3 is 11.5 Å². The number of ether oxygens (including phenoxy) is 1. The summed E-state index contributed by atoms with van der Waals surface area (Å²) in [4.78, 5) is 33.2. The highest BCUT2D eigenvalue weighted by Gasteiger charge is 2.51.